The number of hydrogen-bond donors (Lipinski definition) is 2. The molecule has 2 aliphatic rings. The van der Waals surface area contributed by atoms with Crippen molar-refractivity contribution in [3.63, 3.8) is 0 Å². The SMILES string of the molecule is C[C@@H](CN1CC(C)(C)c2cc(F)ccc21)NC(=O)C(C(N)=O)C1CCCCC1. The molecule has 6 heteroatoms. The molecule has 5 nitrogen and oxygen atoms in total. The predicted octanol–water partition coefficient (Wildman–Crippen LogP) is 3.11. The van der Waals surface area contributed by atoms with Crippen LogP contribution >= 0.6 is 0 Å². The molecular formula is C22H32FN3O2. The third-order valence-electron chi connectivity index (χ3n) is 6.21. The van der Waals surface area contributed by atoms with E-state index in [0.29, 0.717) is 6.54 Å². The van der Waals surface area contributed by atoms with E-state index in [1.807, 2.05) is 13.0 Å². The smallest absolute Gasteiger partial charge is 0.233 e. The summed E-state index contributed by atoms with van der Waals surface area (Å²) in [6.45, 7) is 7.49. The van der Waals surface area contributed by atoms with Gasteiger partial charge in [-0.15, -0.1) is 0 Å². The number of halogens is 1. The minimum Gasteiger partial charge on any atom is -0.369 e. The van der Waals surface area contributed by atoms with Gasteiger partial charge in [-0.05, 0) is 49.4 Å². The summed E-state index contributed by atoms with van der Waals surface area (Å²) < 4.78 is 13.7. The number of hydrogen-bond acceptors (Lipinski definition) is 3. The average molecular weight is 390 g/mol. The topological polar surface area (TPSA) is 75.4 Å². The molecule has 28 heavy (non-hydrogen) atoms. The summed E-state index contributed by atoms with van der Waals surface area (Å²) in [7, 11) is 0. The van der Waals surface area contributed by atoms with Crippen LogP contribution in [0.2, 0.25) is 0 Å². The summed E-state index contributed by atoms with van der Waals surface area (Å²) in [6.07, 6.45) is 5.02. The number of primary amides is 1. The molecule has 1 aromatic rings. The predicted molar refractivity (Wildman–Crippen MR) is 109 cm³/mol. The van der Waals surface area contributed by atoms with E-state index in [9.17, 15) is 14.0 Å². The molecule has 1 aromatic carbocycles. The molecular weight excluding hydrogens is 357 g/mol. The number of fused-ring (bicyclic) bond motifs is 1. The van der Waals surface area contributed by atoms with Gasteiger partial charge in [0.25, 0.3) is 0 Å². The lowest BCUT2D eigenvalue weighted by Gasteiger charge is -2.30. The van der Waals surface area contributed by atoms with Gasteiger partial charge in [-0.3, -0.25) is 9.59 Å². The van der Waals surface area contributed by atoms with Crippen LogP contribution in [0.4, 0.5) is 10.1 Å². The molecule has 2 amide bonds. The van der Waals surface area contributed by atoms with Crippen molar-refractivity contribution < 1.29 is 14.0 Å². The molecule has 1 unspecified atom stereocenters. The molecule has 3 N–H and O–H groups in total. The van der Waals surface area contributed by atoms with Gasteiger partial charge in [0.05, 0.1) is 0 Å². The fourth-order valence-corrected chi connectivity index (χ4v) is 4.89. The number of nitrogens with zero attached hydrogens (tertiary/aromatic N) is 1. The quantitative estimate of drug-likeness (QED) is 0.734. The maximum atomic E-state index is 13.7. The molecule has 0 aromatic heterocycles. The van der Waals surface area contributed by atoms with Gasteiger partial charge in [-0.2, -0.15) is 0 Å². The van der Waals surface area contributed by atoms with E-state index in [4.69, 9.17) is 5.73 Å². The molecule has 0 radical (unpaired) electrons. The highest BCUT2D eigenvalue weighted by Gasteiger charge is 2.37. The highest BCUT2D eigenvalue weighted by Crippen LogP contribution is 2.40. The summed E-state index contributed by atoms with van der Waals surface area (Å²) in [5.74, 6) is -1.72. The van der Waals surface area contributed by atoms with Crippen molar-refractivity contribution in [2.45, 2.75) is 64.3 Å². The Bertz CT molecular complexity index is 743. The number of nitrogens with two attached hydrogens (primary N) is 1. The van der Waals surface area contributed by atoms with E-state index in [1.54, 1.807) is 6.07 Å². The van der Waals surface area contributed by atoms with Crippen molar-refractivity contribution in [1.29, 1.82) is 0 Å². The van der Waals surface area contributed by atoms with Crippen molar-refractivity contribution in [3.05, 3.63) is 29.6 Å². The second kappa shape index (κ2) is 8.10. The van der Waals surface area contributed by atoms with E-state index >= 15 is 0 Å². The number of benzene rings is 1. The zero-order valence-electron chi connectivity index (χ0n) is 17.1. The second-order valence-electron chi connectivity index (χ2n) is 9.11. The van der Waals surface area contributed by atoms with Crippen LogP contribution in [-0.2, 0) is 15.0 Å². The van der Waals surface area contributed by atoms with Crippen LogP contribution in [0, 0.1) is 17.7 Å². The molecule has 1 aliphatic carbocycles. The largest absolute Gasteiger partial charge is 0.369 e. The number of anilines is 1. The van der Waals surface area contributed by atoms with Gasteiger partial charge in [-0.25, -0.2) is 4.39 Å². The van der Waals surface area contributed by atoms with Crippen molar-refractivity contribution >= 4 is 17.5 Å². The average Bonchev–Trinajstić information content (AvgIpc) is 2.85. The summed E-state index contributed by atoms with van der Waals surface area (Å²) in [5.41, 5.74) is 7.42. The molecule has 1 aliphatic heterocycles. The monoisotopic (exact) mass is 389 g/mol. The van der Waals surface area contributed by atoms with Crippen LogP contribution in [0.3, 0.4) is 0 Å². The van der Waals surface area contributed by atoms with Gasteiger partial charge in [0.1, 0.15) is 11.7 Å². The summed E-state index contributed by atoms with van der Waals surface area (Å²) in [4.78, 5) is 26.9. The van der Waals surface area contributed by atoms with Gasteiger partial charge >= 0.3 is 0 Å². The third-order valence-corrected chi connectivity index (χ3v) is 6.21. The first-order valence-corrected chi connectivity index (χ1v) is 10.3. The zero-order valence-corrected chi connectivity index (χ0v) is 17.1. The van der Waals surface area contributed by atoms with Crippen LogP contribution in [0.5, 0.6) is 0 Å². The summed E-state index contributed by atoms with van der Waals surface area (Å²) >= 11 is 0. The lowest BCUT2D eigenvalue weighted by atomic mass is 9.79. The minimum absolute atomic E-state index is 0.0490. The minimum atomic E-state index is -0.751. The first kappa shape index (κ1) is 20.6. The van der Waals surface area contributed by atoms with Crippen molar-refractivity contribution in [1.82, 2.24) is 5.32 Å². The zero-order chi connectivity index (χ0) is 20.5. The highest BCUT2D eigenvalue weighted by atomic mass is 19.1. The molecule has 1 fully saturated rings. The number of rotatable bonds is 6. The summed E-state index contributed by atoms with van der Waals surface area (Å²) in [6, 6.07) is 4.74. The highest BCUT2D eigenvalue weighted by molar-refractivity contribution is 6.00. The summed E-state index contributed by atoms with van der Waals surface area (Å²) in [5, 5.41) is 3.00. The molecule has 2 atom stereocenters. The molecule has 154 valence electrons. The Labute approximate surface area is 166 Å². The molecule has 1 heterocycles. The lowest BCUT2D eigenvalue weighted by Crippen LogP contribution is -2.49. The Kier molecular flexibility index (Phi) is 5.96. The Balaban J connectivity index is 1.66. The lowest BCUT2D eigenvalue weighted by molar-refractivity contribution is -0.136. The number of carbonyl (C=O) groups excluding carboxylic acids is 2. The Hall–Kier alpha value is -2.11. The van der Waals surface area contributed by atoms with E-state index < -0.39 is 11.8 Å². The van der Waals surface area contributed by atoms with Gasteiger partial charge < -0.3 is 16.0 Å². The molecule has 0 spiro atoms. The maximum absolute atomic E-state index is 13.7. The van der Waals surface area contributed by atoms with E-state index in [0.717, 1.165) is 49.9 Å². The Morgan fingerprint density at radius 2 is 1.96 bits per heavy atom. The molecule has 3 rings (SSSR count). The Morgan fingerprint density at radius 1 is 1.29 bits per heavy atom. The molecule has 0 saturated heterocycles. The van der Waals surface area contributed by atoms with E-state index in [-0.39, 0.29) is 29.1 Å². The standard InChI is InChI=1S/C22H32FN3O2/c1-14(25-21(28)19(20(24)27)15-7-5-4-6-8-15)12-26-13-22(2,3)17-11-16(23)9-10-18(17)26/h9-11,14-15,19H,4-8,12-13H2,1-3H3,(H2,24,27)(H,25,28)/t14-,19?/m0/s1. The van der Waals surface area contributed by atoms with Crippen LogP contribution in [0.1, 0.15) is 58.4 Å². The van der Waals surface area contributed by atoms with E-state index in [2.05, 4.69) is 24.1 Å². The number of amides is 2. The fraction of sp³-hybridized carbons (Fsp3) is 0.636. The van der Waals surface area contributed by atoms with Gasteiger partial charge in [0, 0.05) is 30.2 Å². The van der Waals surface area contributed by atoms with Gasteiger partial charge in [-0.1, -0.05) is 33.1 Å². The first-order valence-electron chi connectivity index (χ1n) is 10.3. The van der Waals surface area contributed by atoms with Gasteiger partial charge in [0.15, 0.2) is 0 Å². The number of nitrogens with one attached hydrogen (secondary N) is 1. The van der Waals surface area contributed by atoms with Crippen LogP contribution in [0.15, 0.2) is 18.2 Å². The van der Waals surface area contributed by atoms with Crippen molar-refractivity contribution in [2.24, 2.45) is 17.6 Å². The maximum Gasteiger partial charge on any atom is 0.233 e. The third kappa shape index (κ3) is 4.31. The molecule has 0 bridgehead atoms. The fourth-order valence-electron chi connectivity index (χ4n) is 4.89. The van der Waals surface area contributed by atoms with Crippen molar-refractivity contribution in [3.8, 4) is 0 Å². The van der Waals surface area contributed by atoms with Crippen molar-refractivity contribution in [2.75, 3.05) is 18.0 Å². The van der Waals surface area contributed by atoms with Gasteiger partial charge in [0.2, 0.25) is 11.8 Å². The second-order valence-corrected chi connectivity index (χ2v) is 9.11. The van der Waals surface area contributed by atoms with Crippen LogP contribution < -0.4 is 16.0 Å². The normalized spacial score (nSPS) is 21.1. The first-order chi connectivity index (χ1) is 13.2. The van der Waals surface area contributed by atoms with E-state index in [1.165, 1.54) is 6.07 Å². The Morgan fingerprint density at radius 3 is 2.61 bits per heavy atom. The van der Waals surface area contributed by atoms with Crippen LogP contribution in [0.25, 0.3) is 0 Å². The number of carbonyl (C=O) groups is 2. The molecule has 1 saturated carbocycles. The van der Waals surface area contributed by atoms with Crippen LogP contribution in [-0.4, -0.2) is 30.9 Å².